The number of rotatable bonds is 17. The Hall–Kier alpha value is -2.06. The number of aliphatic hydroxyl groups excluding tert-OH is 4. The highest BCUT2D eigenvalue weighted by Gasteiger charge is 2.53. The van der Waals surface area contributed by atoms with E-state index in [2.05, 4.69) is 13.8 Å². The highest BCUT2D eigenvalue weighted by atomic mass is 16.4. The van der Waals surface area contributed by atoms with Crippen LogP contribution < -0.4 is 0 Å². The first kappa shape index (κ1) is 32.2. The summed E-state index contributed by atoms with van der Waals surface area (Å²) >= 11 is 0. The van der Waals surface area contributed by atoms with Crippen molar-refractivity contribution >= 4 is 0 Å². The van der Waals surface area contributed by atoms with Crippen molar-refractivity contribution in [1.29, 1.82) is 0 Å². The molecule has 6 N–H and O–H groups in total. The van der Waals surface area contributed by atoms with Crippen molar-refractivity contribution in [2.75, 3.05) is 6.61 Å². The van der Waals surface area contributed by atoms with Crippen molar-refractivity contribution in [3.63, 3.8) is 0 Å². The fourth-order valence-electron chi connectivity index (χ4n) is 4.95. The number of hydrogen-bond acceptors (Lipinski definition) is 6. The molecule has 0 aliphatic heterocycles. The molecule has 0 saturated heterocycles. The third-order valence-corrected chi connectivity index (χ3v) is 7.43. The highest BCUT2D eigenvalue weighted by Crippen LogP contribution is 2.35. The first-order chi connectivity index (χ1) is 18.1. The monoisotopic (exact) mass is 528 g/mol. The van der Waals surface area contributed by atoms with Crippen LogP contribution in [0.1, 0.15) is 75.1 Å². The smallest absolute Gasteiger partial charge is 0.126 e. The van der Waals surface area contributed by atoms with Gasteiger partial charge in [-0.3, -0.25) is 0 Å². The maximum atomic E-state index is 11.8. The second-order valence-corrected chi connectivity index (χ2v) is 10.7. The molecule has 0 fully saturated rings. The quantitative estimate of drug-likeness (QED) is 0.174. The van der Waals surface area contributed by atoms with E-state index in [9.17, 15) is 30.6 Å². The van der Waals surface area contributed by atoms with Gasteiger partial charge < -0.3 is 30.6 Å². The fourth-order valence-corrected chi connectivity index (χ4v) is 4.95. The minimum Gasteiger partial charge on any atom is -0.394 e. The van der Waals surface area contributed by atoms with Gasteiger partial charge in [0.25, 0.3) is 0 Å². The SMILES string of the molecule is C/C=C/CC(O)(Cc1ccc(CCCC)cc1)[C@@H](O)[C@@](O)(Cc1ccc(CCCC)cc1)[C@H](O)[C@@H](O)CO. The summed E-state index contributed by atoms with van der Waals surface area (Å²) < 4.78 is 0. The predicted octanol–water partition coefficient (Wildman–Crippen LogP) is 3.66. The van der Waals surface area contributed by atoms with Gasteiger partial charge in [-0.1, -0.05) is 87.4 Å². The molecule has 0 aliphatic carbocycles. The minimum absolute atomic E-state index is 0.0163. The van der Waals surface area contributed by atoms with E-state index in [0.29, 0.717) is 5.56 Å². The Kier molecular flexibility index (Phi) is 13.1. The summed E-state index contributed by atoms with van der Waals surface area (Å²) in [7, 11) is 0. The number of aryl methyl sites for hydroxylation is 2. The molecule has 0 amide bonds. The van der Waals surface area contributed by atoms with Crippen LogP contribution in [0.15, 0.2) is 60.7 Å². The molecule has 2 aromatic carbocycles. The molecule has 38 heavy (non-hydrogen) atoms. The standard InChI is InChI=1S/C32H48O6/c1-4-7-10-24-12-16-26(17-13-24)21-31(37,20-9-6-3)30(36)32(38,29(35)28(34)23-33)22-27-18-14-25(15-19-27)11-8-5-2/h6,9,12-19,28-30,33-38H,4-5,7-8,10-11,20-23H2,1-3H3/b9-6+/t28-,29+,30+,31?,32+/m0/s1. The van der Waals surface area contributed by atoms with Crippen LogP contribution in [0.4, 0.5) is 0 Å². The van der Waals surface area contributed by atoms with Gasteiger partial charge in [0.15, 0.2) is 0 Å². The lowest BCUT2D eigenvalue weighted by Crippen LogP contribution is -2.66. The van der Waals surface area contributed by atoms with Crippen molar-refractivity contribution in [3.8, 4) is 0 Å². The van der Waals surface area contributed by atoms with Crippen molar-refractivity contribution < 1.29 is 30.6 Å². The van der Waals surface area contributed by atoms with Crippen molar-refractivity contribution in [2.45, 2.75) is 108 Å². The zero-order valence-corrected chi connectivity index (χ0v) is 23.3. The number of benzene rings is 2. The van der Waals surface area contributed by atoms with Crippen LogP contribution in [0.25, 0.3) is 0 Å². The average Bonchev–Trinajstić information content (AvgIpc) is 2.94. The minimum atomic E-state index is -2.34. The molecule has 1 unspecified atom stereocenters. The Bertz CT molecular complexity index is 957. The lowest BCUT2D eigenvalue weighted by Gasteiger charge is -2.46. The molecule has 0 radical (unpaired) electrons. The van der Waals surface area contributed by atoms with Gasteiger partial charge in [-0.2, -0.15) is 0 Å². The molecule has 6 nitrogen and oxygen atoms in total. The Labute approximate surface area is 228 Å². The van der Waals surface area contributed by atoms with E-state index >= 15 is 0 Å². The zero-order valence-electron chi connectivity index (χ0n) is 23.3. The largest absolute Gasteiger partial charge is 0.394 e. The van der Waals surface area contributed by atoms with Crippen LogP contribution in [0.2, 0.25) is 0 Å². The van der Waals surface area contributed by atoms with Gasteiger partial charge in [0.1, 0.15) is 29.5 Å². The van der Waals surface area contributed by atoms with Crippen molar-refractivity contribution in [2.24, 2.45) is 0 Å². The van der Waals surface area contributed by atoms with Gasteiger partial charge in [0, 0.05) is 12.8 Å². The van der Waals surface area contributed by atoms with Gasteiger partial charge in [0.2, 0.25) is 0 Å². The summed E-state index contributed by atoms with van der Waals surface area (Å²) in [6.07, 6.45) is 4.01. The third kappa shape index (κ3) is 8.73. The summed E-state index contributed by atoms with van der Waals surface area (Å²) in [5.74, 6) is 0. The summed E-state index contributed by atoms with van der Waals surface area (Å²) in [6.45, 7) is 5.26. The molecule has 212 valence electrons. The number of unbranched alkanes of at least 4 members (excludes halogenated alkanes) is 2. The third-order valence-electron chi connectivity index (χ3n) is 7.43. The van der Waals surface area contributed by atoms with Gasteiger partial charge in [0.05, 0.1) is 6.61 Å². The summed E-state index contributed by atoms with van der Waals surface area (Å²) in [4.78, 5) is 0. The number of aliphatic hydroxyl groups is 6. The highest BCUT2D eigenvalue weighted by molar-refractivity contribution is 5.28. The Morgan fingerprint density at radius 3 is 1.61 bits per heavy atom. The van der Waals surface area contributed by atoms with Crippen LogP contribution in [0.5, 0.6) is 0 Å². The molecule has 5 atom stereocenters. The lowest BCUT2D eigenvalue weighted by atomic mass is 9.71. The molecule has 0 saturated carbocycles. The van der Waals surface area contributed by atoms with E-state index in [-0.39, 0.29) is 19.3 Å². The van der Waals surface area contributed by atoms with E-state index in [1.54, 1.807) is 19.1 Å². The average molecular weight is 529 g/mol. The molecule has 0 heterocycles. The van der Waals surface area contributed by atoms with Gasteiger partial charge in [-0.05, 0) is 61.3 Å². The number of allylic oxidation sites excluding steroid dienone is 1. The molecular weight excluding hydrogens is 480 g/mol. The predicted molar refractivity (Wildman–Crippen MR) is 152 cm³/mol. The second kappa shape index (κ2) is 15.5. The van der Waals surface area contributed by atoms with Crippen LogP contribution in [0, 0.1) is 0 Å². The lowest BCUT2D eigenvalue weighted by molar-refractivity contribution is -0.228. The first-order valence-corrected chi connectivity index (χ1v) is 14.0. The van der Waals surface area contributed by atoms with Crippen molar-refractivity contribution in [1.82, 2.24) is 0 Å². The molecule has 0 bridgehead atoms. The van der Waals surface area contributed by atoms with E-state index in [4.69, 9.17) is 0 Å². The van der Waals surface area contributed by atoms with Crippen LogP contribution in [-0.2, 0) is 25.7 Å². The summed E-state index contributed by atoms with van der Waals surface area (Å²) in [5.41, 5.74) is -0.467. The Morgan fingerprint density at radius 2 is 1.18 bits per heavy atom. The van der Waals surface area contributed by atoms with E-state index in [1.807, 2.05) is 48.5 Å². The van der Waals surface area contributed by atoms with E-state index in [1.165, 1.54) is 5.56 Å². The van der Waals surface area contributed by atoms with Crippen LogP contribution in [-0.4, -0.2) is 66.8 Å². The number of hydrogen-bond donors (Lipinski definition) is 6. The first-order valence-electron chi connectivity index (χ1n) is 14.0. The second-order valence-electron chi connectivity index (χ2n) is 10.7. The molecule has 2 rings (SSSR count). The van der Waals surface area contributed by atoms with E-state index < -0.39 is 36.1 Å². The van der Waals surface area contributed by atoms with Gasteiger partial charge >= 0.3 is 0 Å². The van der Waals surface area contributed by atoms with Crippen LogP contribution >= 0.6 is 0 Å². The molecule has 6 heteroatoms. The fraction of sp³-hybridized carbons (Fsp3) is 0.562. The topological polar surface area (TPSA) is 121 Å². The maximum Gasteiger partial charge on any atom is 0.126 e. The summed E-state index contributed by atoms with van der Waals surface area (Å²) in [6, 6.07) is 15.4. The molecule has 0 aliphatic rings. The van der Waals surface area contributed by atoms with Gasteiger partial charge in [-0.15, -0.1) is 0 Å². The molecule has 2 aromatic rings. The van der Waals surface area contributed by atoms with Crippen molar-refractivity contribution in [3.05, 3.63) is 82.9 Å². The molecule has 0 aromatic heterocycles. The Balaban J connectivity index is 2.41. The maximum absolute atomic E-state index is 11.8. The van der Waals surface area contributed by atoms with Gasteiger partial charge in [-0.25, -0.2) is 0 Å². The summed E-state index contributed by atoms with van der Waals surface area (Å²) in [5, 5.41) is 66.0. The van der Waals surface area contributed by atoms with Crippen LogP contribution in [0.3, 0.4) is 0 Å². The Morgan fingerprint density at radius 1 is 0.737 bits per heavy atom. The molecular formula is C32H48O6. The zero-order chi connectivity index (χ0) is 28.2. The van der Waals surface area contributed by atoms with E-state index in [0.717, 1.165) is 49.7 Å². The molecule has 0 spiro atoms. The normalized spacial score (nSPS) is 17.6.